The number of rotatable bonds is 3. The molecule has 0 unspecified atom stereocenters. The van der Waals surface area contributed by atoms with Crippen LogP contribution in [0.3, 0.4) is 0 Å². The maximum Gasteiger partial charge on any atom is 0.323 e. The number of carbonyl (C=O) groups is 1. The van der Waals surface area contributed by atoms with Crippen LogP contribution in [-0.4, -0.2) is 20.6 Å². The summed E-state index contributed by atoms with van der Waals surface area (Å²) in [6.07, 6.45) is 1.54. The van der Waals surface area contributed by atoms with Crippen molar-refractivity contribution >= 4 is 32.9 Å². The smallest absolute Gasteiger partial charge is 0.323 e. The minimum atomic E-state index is -0.909. The quantitative estimate of drug-likeness (QED) is 0.782. The van der Waals surface area contributed by atoms with Crippen LogP contribution in [0.1, 0.15) is 11.1 Å². The van der Waals surface area contributed by atoms with Crippen LogP contribution in [0.4, 0.5) is 0 Å². The van der Waals surface area contributed by atoms with Crippen molar-refractivity contribution in [2.75, 3.05) is 0 Å². The average Bonchev–Trinajstić information content (AvgIpc) is 2.95. The van der Waals surface area contributed by atoms with E-state index in [1.165, 1.54) is 0 Å². The van der Waals surface area contributed by atoms with E-state index in [2.05, 4.69) is 20.9 Å². The summed E-state index contributed by atoms with van der Waals surface area (Å²) >= 11 is 3.32. The first kappa shape index (κ1) is 13.9. The van der Waals surface area contributed by atoms with Gasteiger partial charge in [-0.15, -0.1) is 0 Å². The number of hydrogen-bond acceptors (Lipinski definition) is 3. The Balaban J connectivity index is 2.33. The molecule has 0 aliphatic carbocycles. The Labute approximate surface area is 129 Å². The van der Waals surface area contributed by atoms with Gasteiger partial charge in [0.1, 0.15) is 12.4 Å². The fraction of sp³-hybridized carbons (Fsp3) is 0.200. The molecule has 0 saturated carbocycles. The number of aliphatic carboxylic acids is 1. The van der Waals surface area contributed by atoms with Crippen LogP contribution < -0.4 is 0 Å². The van der Waals surface area contributed by atoms with Crippen molar-refractivity contribution in [3.8, 4) is 11.4 Å². The van der Waals surface area contributed by atoms with Crippen LogP contribution in [0.5, 0.6) is 0 Å². The summed E-state index contributed by atoms with van der Waals surface area (Å²) in [5.74, 6) is -0.327. The lowest BCUT2D eigenvalue weighted by atomic mass is 10.1. The van der Waals surface area contributed by atoms with E-state index in [0.717, 1.165) is 27.7 Å². The number of nitrogens with zero attached hydrogens (tertiary/aromatic N) is 2. The Morgan fingerprint density at radius 3 is 2.71 bits per heavy atom. The molecule has 5 nitrogen and oxygen atoms in total. The molecule has 0 aliphatic heterocycles. The molecule has 0 radical (unpaired) electrons. The maximum absolute atomic E-state index is 11.2. The number of hydrogen-bond donors (Lipinski definition) is 1. The highest BCUT2D eigenvalue weighted by atomic mass is 79.9. The molecule has 0 aliphatic rings. The lowest BCUT2D eigenvalue weighted by Gasteiger charge is -2.06. The second kappa shape index (κ2) is 5.04. The first-order valence-electron chi connectivity index (χ1n) is 6.40. The molecule has 0 bridgehead atoms. The fourth-order valence-electron chi connectivity index (χ4n) is 2.33. The number of carboxylic acids is 1. The first-order valence-corrected chi connectivity index (χ1v) is 7.19. The summed E-state index contributed by atoms with van der Waals surface area (Å²) in [7, 11) is 0. The molecular weight excluding hydrogens is 336 g/mol. The fourth-order valence-corrected chi connectivity index (χ4v) is 2.75. The lowest BCUT2D eigenvalue weighted by molar-refractivity contribution is -0.137. The molecule has 0 atom stereocenters. The number of carboxylic acid groups (broad SMARTS) is 1. The molecule has 1 N–H and O–H groups in total. The maximum atomic E-state index is 11.2. The zero-order valence-corrected chi connectivity index (χ0v) is 13.1. The molecule has 1 aromatic carbocycles. The van der Waals surface area contributed by atoms with Crippen molar-refractivity contribution in [3.63, 3.8) is 0 Å². The van der Waals surface area contributed by atoms with Crippen molar-refractivity contribution in [2.45, 2.75) is 20.4 Å². The molecule has 0 amide bonds. The Bertz CT molecular complexity index is 848. The summed E-state index contributed by atoms with van der Waals surface area (Å²) in [5, 5.41) is 9.18. The third-order valence-electron chi connectivity index (χ3n) is 3.52. The van der Waals surface area contributed by atoms with E-state index in [9.17, 15) is 9.90 Å². The predicted octanol–water partition coefficient (Wildman–Crippen LogP) is 3.76. The van der Waals surface area contributed by atoms with E-state index in [0.29, 0.717) is 10.5 Å². The van der Waals surface area contributed by atoms with E-state index in [-0.39, 0.29) is 6.54 Å². The zero-order valence-electron chi connectivity index (χ0n) is 11.6. The van der Waals surface area contributed by atoms with Crippen molar-refractivity contribution < 1.29 is 14.3 Å². The molecule has 0 fully saturated rings. The summed E-state index contributed by atoms with van der Waals surface area (Å²) < 4.78 is 7.47. The van der Waals surface area contributed by atoms with Crippen molar-refractivity contribution in [1.29, 1.82) is 0 Å². The van der Waals surface area contributed by atoms with Gasteiger partial charge in [-0.1, -0.05) is 0 Å². The zero-order chi connectivity index (χ0) is 15.1. The number of imidazole rings is 1. The van der Waals surface area contributed by atoms with Gasteiger partial charge in [0.15, 0.2) is 4.67 Å². The van der Waals surface area contributed by atoms with Crippen LogP contribution >= 0.6 is 15.9 Å². The lowest BCUT2D eigenvalue weighted by Crippen LogP contribution is -2.10. The molecular formula is C15H13BrN2O3. The third kappa shape index (κ3) is 2.35. The Morgan fingerprint density at radius 1 is 1.38 bits per heavy atom. The standard InChI is InChI=1S/C15H13BrN2O3/c1-8-5-11-12(6-9(8)2)18(7-13(19)20)15(17-11)10-3-4-21-14(10)16/h3-6H,7H2,1-2H3,(H,19,20). The molecule has 3 aromatic rings. The van der Waals surface area contributed by atoms with Gasteiger partial charge < -0.3 is 14.1 Å². The van der Waals surface area contributed by atoms with Crippen molar-refractivity contribution in [3.05, 3.63) is 40.3 Å². The van der Waals surface area contributed by atoms with Gasteiger partial charge >= 0.3 is 5.97 Å². The topological polar surface area (TPSA) is 68.3 Å². The number of halogens is 1. The molecule has 0 saturated heterocycles. The summed E-state index contributed by atoms with van der Waals surface area (Å²) in [6.45, 7) is 3.87. The highest BCUT2D eigenvalue weighted by Gasteiger charge is 2.18. The van der Waals surface area contributed by atoms with Crippen LogP contribution in [0, 0.1) is 13.8 Å². The van der Waals surface area contributed by atoms with Gasteiger partial charge in [-0.2, -0.15) is 0 Å². The van der Waals surface area contributed by atoms with Gasteiger partial charge in [0.05, 0.1) is 22.9 Å². The number of benzene rings is 1. The number of furan rings is 1. The van der Waals surface area contributed by atoms with Gasteiger partial charge in [0.25, 0.3) is 0 Å². The predicted molar refractivity (Wildman–Crippen MR) is 82.2 cm³/mol. The molecule has 2 aromatic heterocycles. The third-order valence-corrected chi connectivity index (χ3v) is 4.13. The number of fused-ring (bicyclic) bond motifs is 1. The largest absolute Gasteiger partial charge is 0.480 e. The van der Waals surface area contributed by atoms with Crippen molar-refractivity contribution in [2.24, 2.45) is 0 Å². The van der Waals surface area contributed by atoms with Crippen molar-refractivity contribution in [1.82, 2.24) is 9.55 Å². The monoisotopic (exact) mass is 348 g/mol. The van der Waals surface area contributed by atoms with Gasteiger partial charge in [-0.3, -0.25) is 4.79 Å². The second-order valence-corrected chi connectivity index (χ2v) is 5.67. The molecule has 6 heteroatoms. The summed E-state index contributed by atoms with van der Waals surface area (Å²) in [5.41, 5.74) is 4.56. The minimum Gasteiger partial charge on any atom is -0.480 e. The minimum absolute atomic E-state index is 0.147. The average molecular weight is 349 g/mol. The van der Waals surface area contributed by atoms with Crippen LogP contribution in [-0.2, 0) is 11.3 Å². The molecule has 0 spiro atoms. The highest BCUT2D eigenvalue weighted by molar-refractivity contribution is 9.10. The molecule has 108 valence electrons. The number of aryl methyl sites for hydroxylation is 2. The van der Waals surface area contributed by atoms with Crippen LogP contribution in [0.2, 0.25) is 0 Å². The van der Waals surface area contributed by atoms with E-state index < -0.39 is 5.97 Å². The molecule has 2 heterocycles. The van der Waals surface area contributed by atoms with Crippen LogP contribution in [0.25, 0.3) is 22.4 Å². The summed E-state index contributed by atoms with van der Waals surface area (Å²) in [6, 6.07) is 5.71. The van der Waals surface area contributed by atoms with Gasteiger partial charge in [0, 0.05) is 0 Å². The highest BCUT2D eigenvalue weighted by Crippen LogP contribution is 2.32. The molecule has 3 rings (SSSR count). The van der Waals surface area contributed by atoms with Gasteiger partial charge in [-0.05, 0) is 59.1 Å². The summed E-state index contributed by atoms with van der Waals surface area (Å²) in [4.78, 5) is 15.8. The van der Waals surface area contributed by atoms with E-state index >= 15 is 0 Å². The van der Waals surface area contributed by atoms with E-state index in [1.54, 1.807) is 16.9 Å². The second-order valence-electron chi connectivity index (χ2n) is 4.95. The normalized spacial score (nSPS) is 11.2. The number of aromatic nitrogens is 2. The van der Waals surface area contributed by atoms with E-state index in [1.807, 2.05) is 26.0 Å². The van der Waals surface area contributed by atoms with E-state index in [4.69, 9.17) is 4.42 Å². The Morgan fingerprint density at radius 2 is 2.10 bits per heavy atom. The SMILES string of the molecule is Cc1cc2nc(-c3ccoc3Br)n(CC(=O)O)c2cc1C. The Hall–Kier alpha value is -2.08. The first-order chi connectivity index (χ1) is 9.97. The van der Waals surface area contributed by atoms with Gasteiger partial charge in [-0.25, -0.2) is 4.98 Å². The van der Waals surface area contributed by atoms with Gasteiger partial charge in [0.2, 0.25) is 0 Å². The Kier molecular flexibility index (Phi) is 3.33. The molecule has 21 heavy (non-hydrogen) atoms. The van der Waals surface area contributed by atoms with Crippen LogP contribution in [0.15, 0.2) is 33.5 Å².